The zero-order valence-corrected chi connectivity index (χ0v) is 24.0. The summed E-state index contributed by atoms with van der Waals surface area (Å²) in [6.07, 6.45) is 2.61. The molecule has 1 unspecified atom stereocenters. The molecule has 0 aliphatic heterocycles. The van der Waals surface area contributed by atoms with Crippen molar-refractivity contribution in [3.63, 3.8) is 0 Å². The Morgan fingerprint density at radius 2 is 1.79 bits per heavy atom. The van der Waals surface area contributed by atoms with Crippen LogP contribution in [0.3, 0.4) is 0 Å². The third kappa shape index (κ3) is 7.49. The summed E-state index contributed by atoms with van der Waals surface area (Å²) in [4.78, 5) is 37.7. The summed E-state index contributed by atoms with van der Waals surface area (Å²) in [6, 6.07) is 0. The Hall–Kier alpha value is -2.60. The Bertz CT molecular complexity index is 1190. The van der Waals surface area contributed by atoms with Gasteiger partial charge in [-0.3, -0.25) is 14.2 Å². The van der Waals surface area contributed by atoms with Crippen LogP contribution in [0.2, 0.25) is 0 Å². The zero-order valence-electron chi connectivity index (χ0n) is 23.1. The van der Waals surface area contributed by atoms with Gasteiger partial charge in [-0.15, -0.1) is 0 Å². The van der Waals surface area contributed by atoms with E-state index < -0.39 is 30.5 Å². The van der Waals surface area contributed by atoms with E-state index in [2.05, 4.69) is 20.0 Å². The molecular weight excluding hydrogens is 515 g/mol. The monoisotopic (exact) mass is 554 g/mol. The van der Waals surface area contributed by atoms with E-state index in [4.69, 9.17) is 24.5 Å². The van der Waals surface area contributed by atoms with E-state index in [1.165, 1.54) is 6.33 Å². The largest absolute Gasteiger partial charge is 0.462 e. The molecule has 38 heavy (non-hydrogen) atoms. The van der Waals surface area contributed by atoms with Gasteiger partial charge >= 0.3 is 11.9 Å². The highest BCUT2D eigenvalue weighted by Crippen LogP contribution is 2.53. The van der Waals surface area contributed by atoms with Crippen LogP contribution < -0.4 is 10.8 Å². The molecule has 1 saturated carbocycles. The first kappa shape index (κ1) is 29.9. The summed E-state index contributed by atoms with van der Waals surface area (Å²) in [5.41, 5.74) is 4.67. The van der Waals surface area contributed by atoms with Crippen LogP contribution in [0.15, 0.2) is 12.7 Å². The normalized spacial score (nSPS) is 17.4. The molecular formula is C24H39N6O7P. The topological polar surface area (TPSA) is 170 Å². The smallest absolute Gasteiger partial charge is 0.326 e. The van der Waals surface area contributed by atoms with Gasteiger partial charge in [0.05, 0.1) is 43.2 Å². The van der Waals surface area contributed by atoms with Crippen LogP contribution in [0, 0.1) is 5.41 Å². The first-order valence-electron chi connectivity index (χ1n) is 12.6. The number of carbonyl (C=O) groups is 2. The van der Waals surface area contributed by atoms with Gasteiger partial charge in [0.2, 0.25) is 0 Å². The Balaban J connectivity index is 1.72. The first-order chi connectivity index (χ1) is 17.7. The highest BCUT2D eigenvalue weighted by Gasteiger charge is 2.53. The maximum atomic E-state index is 14.0. The molecule has 0 radical (unpaired) electrons. The van der Waals surface area contributed by atoms with Gasteiger partial charge in [0.1, 0.15) is 23.7 Å². The number of hydrogen-bond acceptors (Lipinski definition) is 11. The van der Waals surface area contributed by atoms with Crippen molar-refractivity contribution in [2.45, 2.75) is 91.7 Å². The van der Waals surface area contributed by atoms with Gasteiger partial charge in [-0.1, -0.05) is 0 Å². The Morgan fingerprint density at radius 3 is 2.39 bits per heavy atom. The minimum absolute atomic E-state index is 0.127. The van der Waals surface area contributed by atoms with Gasteiger partial charge in [0.15, 0.2) is 11.5 Å². The summed E-state index contributed by atoms with van der Waals surface area (Å²) in [5.74, 6) is -0.711. The number of aromatic nitrogens is 4. The van der Waals surface area contributed by atoms with Crippen LogP contribution in [0.5, 0.6) is 0 Å². The van der Waals surface area contributed by atoms with Crippen molar-refractivity contribution in [2.75, 3.05) is 18.7 Å². The second kappa shape index (κ2) is 11.6. The zero-order chi connectivity index (χ0) is 28.3. The number of carbonyl (C=O) groups excluding carboxylic acids is 2. The second-order valence-corrected chi connectivity index (χ2v) is 12.9. The van der Waals surface area contributed by atoms with Gasteiger partial charge in [-0.25, -0.2) is 20.0 Å². The lowest BCUT2D eigenvalue weighted by atomic mass is 10.1. The molecule has 1 aliphatic rings. The van der Waals surface area contributed by atoms with Crippen molar-refractivity contribution < 1.29 is 32.9 Å². The van der Waals surface area contributed by atoms with Gasteiger partial charge in [0, 0.05) is 0 Å². The van der Waals surface area contributed by atoms with E-state index in [-0.39, 0.29) is 36.9 Å². The van der Waals surface area contributed by atoms with Crippen molar-refractivity contribution in [1.29, 1.82) is 0 Å². The van der Waals surface area contributed by atoms with E-state index in [9.17, 15) is 14.2 Å². The maximum absolute atomic E-state index is 14.0. The lowest BCUT2D eigenvalue weighted by Crippen LogP contribution is -2.47. The predicted octanol–water partition coefficient (Wildman–Crippen LogP) is 3.03. The molecule has 0 bridgehead atoms. The number of imidazole rings is 1. The molecule has 3 N–H and O–H groups in total. The molecule has 0 aromatic carbocycles. The van der Waals surface area contributed by atoms with Crippen LogP contribution in [-0.4, -0.2) is 68.3 Å². The van der Waals surface area contributed by atoms with E-state index in [1.807, 2.05) is 0 Å². The summed E-state index contributed by atoms with van der Waals surface area (Å²) >= 11 is 0. The van der Waals surface area contributed by atoms with Crippen molar-refractivity contribution in [2.24, 2.45) is 5.41 Å². The van der Waals surface area contributed by atoms with E-state index >= 15 is 0 Å². The standard InChI is InChI=1S/C24H39N6O7P/c1-15(2)36-21(31)23(6,7)29-38(33,35-11-24(8-9-24)22(32)37-16(3)4)14-34-17(5)10-30-13-28-18-19(25)26-12-27-20(18)30/h12-13,15-17H,8-11,14H2,1-7H3,(H,29,33)(H2,25,26,27)/t17-,38?/m0/s1. The molecule has 212 valence electrons. The molecule has 2 aromatic heterocycles. The number of esters is 2. The predicted molar refractivity (Wildman–Crippen MR) is 140 cm³/mol. The third-order valence-electron chi connectivity index (χ3n) is 5.89. The van der Waals surface area contributed by atoms with E-state index in [0.29, 0.717) is 30.6 Å². The minimum Gasteiger partial charge on any atom is -0.462 e. The van der Waals surface area contributed by atoms with Crippen LogP contribution in [0.1, 0.15) is 61.3 Å². The van der Waals surface area contributed by atoms with Crippen LogP contribution in [0.25, 0.3) is 11.2 Å². The molecule has 0 saturated heterocycles. The number of anilines is 1. The summed E-state index contributed by atoms with van der Waals surface area (Å²) < 4.78 is 38.3. The van der Waals surface area contributed by atoms with Crippen molar-refractivity contribution in [3.05, 3.63) is 12.7 Å². The fourth-order valence-corrected chi connectivity index (χ4v) is 5.70. The third-order valence-corrected chi connectivity index (χ3v) is 7.83. The first-order valence-corrected chi connectivity index (χ1v) is 14.5. The average molecular weight is 555 g/mol. The molecule has 2 aromatic rings. The average Bonchev–Trinajstić information content (AvgIpc) is 3.50. The minimum atomic E-state index is -3.82. The van der Waals surface area contributed by atoms with Gasteiger partial charge in [-0.05, 0) is 61.3 Å². The van der Waals surface area contributed by atoms with Gasteiger partial charge in [-0.2, -0.15) is 0 Å². The molecule has 0 amide bonds. The molecule has 1 aliphatic carbocycles. The van der Waals surface area contributed by atoms with Crippen LogP contribution in [-0.2, 0) is 39.4 Å². The van der Waals surface area contributed by atoms with E-state index in [0.717, 1.165) is 0 Å². The SMILES string of the molecule is CC(C)OC(=O)C1(COP(=O)(CO[C@@H](C)Cn2cnc3c(N)ncnc32)NC(C)(C)C(=O)OC(C)C)CC1. The van der Waals surface area contributed by atoms with Crippen LogP contribution >= 0.6 is 7.52 Å². The van der Waals surface area contributed by atoms with Gasteiger partial charge in [0.25, 0.3) is 7.52 Å². The highest BCUT2D eigenvalue weighted by atomic mass is 31.2. The molecule has 3 rings (SSSR count). The van der Waals surface area contributed by atoms with Crippen molar-refractivity contribution in [3.8, 4) is 0 Å². The van der Waals surface area contributed by atoms with E-state index in [1.54, 1.807) is 59.4 Å². The lowest BCUT2D eigenvalue weighted by Gasteiger charge is -2.31. The Labute approximate surface area is 222 Å². The second-order valence-electron chi connectivity index (χ2n) is 10.8. The summed E-state index contributed by atoms with van der Waals surface area (Å²) in [7, 11) is -3.82. The molecule has 1 fully saturated rings. The fourth-order valence-electron chi connectivity index (χ4n) is 3.65. The number of nitrogens with two attached hydrogens (primary N) is 1. The van der Waals surface area contributed by atoms with Gasteiger partial charge < -0.3 is 29.0 Å². The Morgan fingerprint density at radius 1 is 1.13 bits per heavy atom. The number of ether oxygens (including phenoxy) is 3. The lowest BCUT2D eigenvalue weighted by molar-refractivity contribution is -0.156. The summed E-state index contributed by atoms with van der Waals surface area (Å²) in [5, 5.41) is 2.83. The highest BCUT2D eigenvalue weighted by molar-refractivity contribution is 7.56. The quantitative estimate of drug-likeness (QED) is 0.259. The van der Waals surface area contributed by atoms with Crippen molar-refractivity contribution in [1.82, 2.24) is 24.6 Å². The molecule has 13 nitrogen and oxygen atoms in total. The van der Waals surface area contributed by atoms with Crippen LogP contribution in [0.4, 0.5) is 5.82 Å². The molecule has 2 heterocycles. The maximum Gasteiger partial charge on any atom is 0.326 e. The molecule has 2 atom stereocenters. The Kier molecular flexibility index (Phi) is 9.18. The fraction of sp³-hybridized carbons (Fsp3) is 0.708. The summed E-state index contributed by atoms with van der Waals surface area (Å²) in [6.45, 7) is 12.1. The number of nitrogens with one attached hydrogen (secondary N) is 1. The molecule has 14 heteroatoms. The number of hydrogen-bond donors (Lipinski definition) is 2. The molecule has 0 spiro atoms. The number of rotatable bonds is 14. The number of nitrogens with zero attached hydrogens (tertiary/aromatic N) is 4. The van der Waals surface area contributed by atoms with Crippen molar-refractivity contribution >= 4 is 36.4 Å². The number of fused-ring (bicyclic) bond motifs is 1. The number of nitrogen functional groups attached to an aromatic ring is 1.